The van der Waals surface area contributed by atoms with E-state index in [0.717, 1.165) is 0 Å². The van der Waals surface area contributed by atoms with Gasteiger partial charge in [0.1, 0.15) is 0 Å². The summed E-state index contributed by atoms with van der Waals surface area (Å²) in [4.78, 5) is 9.52. The number of carbonyl (C=O) groups is 1. The Morgan fingerprint density at radius 2 is 2.14 bits per heavy atom. The molecule has 0 aliphatic carbocycles. The van der Waals surface area contributed by atoms with Crippen LogP contribution in [-0.2, 0) is 4.79 Å². The highest BCUT2D eigenvalue weighted by Crippen LogP contribution is 1.75. The fraction of sp³-hybridized carbons (Fsp3) is 0.667. The second kappa shape index (κ2) is 2.54. The fourth-order valence-corrected chi connectivity index (χ4v) is 0.0781. The summed E-state index contributed by atoms with van der Waals surface area (Å²) in [6, 6.07) is 0. The first-order valence-electron chi connectivity index (χ1n) is 1.70. The van der Waals surface area contributed by atoms with E-state index in [9.17, 15) is 4.79 Å². The Bertz CT molecular complexity index is 69.3. The highest BCUT2D eigenvalue weighted by molar-refractivity contribution is 5.71. The predicted molar refractivity (Wildman–Crippen MR) is 20.7 cm³/mol. The largest absolute Gasteiger partial charge is 0.479 e. The van der Waals surface area contributed by atoms with E-state index in [0.29, 0.717) is 0 Å². The van der Waals surface area contributed by atoms with E-state index in [1.54, 1.807) is 0 Å². The molecule has 4 nitrogen and oxygen atoms in total. The van der Waals surface area contributed by atoms with Crippen LogP contribution in [0.2, 0.25) is 0 Å². The number of aliphatic hydroxyl groups excluding tert-OH is 2. The van der Waals surface area contributed by atoms with Crippen molar-refractivity contribution in [3.8, 4) is 0 Å². The van der Waals surface area contributed by atoms with E-state index in [1.807, 2.05) is 0 Å². The molecular weight excluding hydrogens is 102 g/mol. The van der Waals surface area contributed by atoms with Gasteiger partial charge in [0.2, 0.25) is 0 Å². The molecular formula is C3H6O4. The van der Waals surface area contributed by atoms with E-state index in [4.69, 9.17) is 15.3 Å². The standard InChI is InChI=1S/C3H6O4/c4-1-2(5)3(6)7/h2,4-5H,1H2,(H,6,7)/i2+1,3+1. The lowest BCUT2D eigenvalue weighted by Crippen LogP contribution is -2.22. The van der Waals surface area contributed by atoms with Crippen LogP contribution in [0.4, 0.5) is 0 Å². The van der Waals surface area contributed by atoms with Gasteiger partial charge in [0.05, 0.1) is 6.61 Å². The number of hydrogen-bond acceptors (Lipinski definition) is 3. The summed E-state index contributed by atoms with van der Waals surface area (Å²) in [6.45, 7) is -0.727. The Hall–Kier alpha value is -0.610. The zero-order chi connectivity index (χ0) is 5.86. The third-order valence-corrected chi connectivity index (χ3v) is 0.458. The van der Waals surface area contributed by atoms with E-state index in [-0.39, 0.29) is 0 Å². The first-order chi connectivity index (χ1) is 3.18. The second-order valence-electron chi connectivity index (χ2n) is 1.04. The molecule has 0 aromatic rings. The molecule has 0 rings (SSSR count). The van der Waals surface area contributed by atoms with Gasteiger partial charge in [-0.15, -0.1) is 0 Å². The summed E-state index contributed by atoms with van der Waals surface area (Å²) in [5.74, 6) is -1.40. The van der Waals surface area contributed by atoms with E-state index >= 15 is 0 Å². The van der Waals surface area contributed by atoms with Crippen LogP contribution in [0.25, 0.3) is 0 Å². The van der Waals surface area contributed by atoms with Gasteiger partial charge in [0, 0.05) is 0 Å². The lowest BCUT2D eigenvalue weighted by Gasteiger charge is -1.95. The molecule has 3 N–H and O–H groups in total. The predicted octanol–water partition coefficient (Wildman–Crippen LogP) is -1.58. The SMILES string of the molecule is O=[13C](O)[13CH](O)CO. The average Bonchev–Trinajstić information content (AvgIpc) is 1.65. The molecule has 0 bridgehead atoms. The van der Waals surface area contributed by atoms with Crippen LogP contribution in [-0.4, -0.2) is 34.0 Å². The summed E-state index contributed by atoms with van der Waals surface area (Å²) in [5, 5.41) is 23.7. The zero-order valence-corrected chi connectivity index (χ0v) is 3.53. The molecule has 0 spiro atoms. The summed E-state index contributed by atoms with van der Waals surface area (Å²) in [5.41, 5.74) is 0. The summed E-state index contributed by atoms with van der Waals surface area (Å²) >= 11 is 0. The maximum Gasteiger partial charge on any atom is 0.334 e. The first-order valence-corrected chi connectivity index (χ1v) is 1.70. The topological polar surface area (TPSA) is 77.8 Å². The third-order valence-electron chi connectivity index (χ3n) is 0.458. The van der Waals surface area contributed by atoms with Crippen molar-refractivity contribution in [1.82, 2.24) is 0 Å². The molecule has 0 fully saturated rings. The van der Waals surface area contributed by atoms with Crippen molar-refractivity contribution in [3.63, 3.8) is 0 Å². The number of hydrogen-bond donors (Lipinski definition) is 3. The number of aliphatic hydroxyl groups is 2. The molecule has 4 heteroatoms. The Balaban J connectivity index is 3.34. The molecule has 7 heavy (non-hydrogen) atoms. The molecule has 0 heterocycles. The maximum absolute atomic E-state index is 9.52. The van der Waals surface area contributed by atoms with E-state index in [2.05, 4.69) is 0 Å². The van der Waals surface area contributed by atoms with Gasteiger partial charge >= 0.3 is 5.97 Å². The molecule has 1 atom stereocenters. The van der Waals surface area contributed by atoms with Gasteiger partial charge in [-0.2, -0.15) is 0 Å². The minimum absolute atomic E-state index is 0.727. The van der Waals surface area contributed by atoms with Crippen molar-refractivity contribution in [2.24, 2.45) is 0 Å². The molecule has 1 unspecified atom stereocenters. The summed E-state index contributed by atoms with van der Waals surface area (Å²) < 4.78 is 0. The average molecular weight is 108 g/mol. The molecule has 0 aromatic heterocycles. The van der Waals surface area contributed by atoms with Crippen molar-refractivity contribution in [1.29, 1.82) is 0 Å². The lowest BCUT2D eigenvalue weighted by atomic mass is 11.0. The van der Waals surface area contributed by atoms with Gasteiger partial charge in [0.25, 0.3) is 0 Å². The highest BCUT2D eigenvalue weighted by atomic mass is 16.5. The number of aliphatic carboxylic acids is 1. The lowest BCUT2D eigenvalue weighted by molar-refractivity contribution is -0.148. The fourth-order valence-electron chi connectivity index (χ4n) is 0.0781. The van der Waals surface area contributed by atoms with Crippen LogP contribution < -0.4 is 0 Å². The molecule has 0 aliphatic rings. The highest BCUT2D eigenvalue weighted by Gasteiger charge is 2.08. The monoisotopic (exact) mass is 108 g/mol. The number of carboxylic acids is 1. The van der Waals surface area contributed by atoms with Crippen LogP contribution in [0, 0.1) is 0 Å². The van der Waals surface area contributed by atoms with Gasteiger partial charge in [-0.3, -0.25) is 0 Å². The smallest absolute Gasteiger partial charge is 0.334 e. The summed E-state index contributed by atoms with van der Waals surface area (Å²) in [7, 11) is 0. The second-order valence-corrected chi connectivity index (χ2v) is 1.04. The Kier molecular flexibility index (Phi) is 2.32. The van der Waals surface area contributed by atoms with Crippen LogP contribution in [0.15, 0.2) is 0 Å². The Morgan fingerprint density at radius 1 is 1.71 bits per heavy atom. The van der Waals surface area contributed by atoms with Crippen molar-refractivity contribution in [2.75, 3.05) is 6.61 Å². The van der Waals surface area contributed by atoms with Crippen molar-refractivity contribution < 1.29 is 20.1 Å². The van der Waals surface area contributed by atoms with Gasteiger partial charge in [-0.1, -0.05) is 0 Å². The van der Waals surface area contributed by atoms with Crippen molar-refractivity contribution >= 4 is 5.97 Å². The van der Waals surface area contributed by atoms with Crippen LogP contribution in [0.5, 0.6) is 0 Å². The molecule has 0 saturated heterocycles. The normalized spacial score (nSPS) is 13.4. The Labute approximate surface area is 40.0 Å². The maximum atomic E-state index is 9.52. The molecule has 0 amide bonds. The van der Waals surface area contributed by atoms with Crippen LogP contribution >= 0.6 is 0 Å². The van der Waals surface area contributed by atoms with Gasteiger partial charge in [-0.05, 0) is 0 Å². The zero-order valence-electron chi connectivity index (χ0n) is 3.53. The first kappa shape index (κ1) is 6.39. The molecule has 0 aliphatic heterocycles. The van der Waals surface area contributed by atoms with Crippen LogP contribution in [0.1, 0.15) is 0 Å². The minimum atomic E-state index is -1.63. The molecule has 0 aromatic carbocycles. The van der Waals surface area contributed by atoms with Crippen molar-refractivity contribution in [2.45, 2.75) is 6.10 Å². The quantitative estimate of drug-likeness (QED) is 0.373. The summed E-state index contributed by atoms with van der Waals surface area (Å²) in [6.07, 6.45) is -1.63. The van der Waals surface area contributed by atoms with E-state index in [1.165, 1.54) is 0 Å². The van der Waals surface area contributed by atoms with Crippen molar-refractivity contribution in [3.05, 3.63) is 0 Å². The molecule has 0 saturated carbocycles. The van der Waals surface area contributed by atoms with Crippen LogP contribution in [0.3, 0.4) is 0 Å². The van der Waals surface area contributed by atoms with Gasteiger partial charge in [-0.25, -0.2) is 4.79 Å². The molecule has 42 valence electrons. The molecule has 0 radical (unpaired) electrons. The minimum Gasteiger partial charge on any atom is -0.479 e. The number of carboxylic acid groups (broad SMARTS) is 1. The number of rotatable bonds is 2. The van der Waals surface area contributed by atoms with Gasteiger partial charge < -0.3 is 15.3 Å². The van der Waals surface area contributed by atoms with E-state index < -0.39 is 18.7 Å². The Morgan fingerprint density at radius 3 is 2.14 bits per heavy atom. The third kappa shape index (κ3) is 2.13. The van der Waals surface area contributed by atoms with Gasteiger partial charge in [0.15, 0.2) is 6.10 Å².